The summed E-state index contributed by atoms with van der Waals surface area (Å²) in [7, 11) is -3.48. The fourth-order valence-electron chi connectivity index (χ4n) is 3.63. The summed E-state index contributed by atoms with van der Waals surface area (Å²) < 4.78 is 33.4. The van der Waals surface area contributed by atoms with E-state index in [0.29, 0.717) is 18.0 Å². The van der Waals surface area contributed by atoms with Crippen molar-refractivity contribution in [3.05, 3.63) is 45.8 Å². The maximum atomic E-state index is 12.9. The Labute approximate surface area is 143 Å². The standard InChI is InChI=1S/C16H17BrN2O3S/c1-11-7-13(18-22-11)9-23(20,21)19-10-16(5-2-6-16)14-8-12(17)3-4-15(14)19/h3-4,7-8H,2,5-6,9-10H2,1H3. The van der Waals surface area contributed by atoms with E-state index in [2.05, 4.69) is 27.2 Å². The van der Waals surface area contributed by atoms with Crippen LogP contribution in [-0.4, -0.2) is 20.1 Å². The molecule has 1 aliphatic heterocycles. The molecule has 122 valence electrons. The van der Waals surface area contributed by atoms with Crippen molar-refractivity contribution in [2.24, 2.45) is 0 Å². The second-order valence-electron chi connectivity index (χ2n) is 6.49. The molecule has 0 bridgehead atoms. The fourth-order valence-corrected chi connectivity index (χ4v) is 5.56. The first-order valence-electron chi connectivity index (χ1n) is 7.62. The zero-order valence-corrected chi connectivity index (χ0v) is 15.2. The molecule has 5 nitrogen and oxygen atoms in total. The van der Waals surface area contributed by atoms with Gasteiger partial charge in [-0.25, -0.2) is 8.42 Å². The lowest BCUT2D eigenvalue weighted by molar-refractivity contribution is 0.268. The van der Waals surface area contributed by atoms with E-state index in [0.717, 1.165) is 35.0 Å². The van der Waals surface area contributed by atoms with Gasteiger partial charge in [-0.05, 0) is 43.5 Å². The molecule has 0 saturated heterocycles. The third-order valence-corrected chi connectivity index (χ3v) is 7.05. The molecule has 1 aromatic heterocycles. The number of fused-ring (bicyclic) bond motifs is 2. The highest BCUT2D eigenvalue weighted by Crippen LogP contribution is 2.54. The molecule has 0 amide bonds. The molecule has 0 radical (unpaired) electrons. The first-order chi connectivity index (χ1) is 10.9. The Morgan fingerprint density at radius 3 is 2.74 bits per heavy atom. The lowest BCUT2D eigenvalue weighted by atomic mass is 9.66. The molecule has 0 atom stereocenters. The van der Waals surface area contributed by atoms with Crippen LogP contribution in [0.5, 0.6) is 0 Å². The van der Waals surface area contributed by atoms with Crippen LogP contribution in [0.2, 0.25) is 0 Å². The fraction of sp³-hybridized carbons (Fsp3) is 0.438. The van der Waals surface area contributed by atoms with Crippen LogP contribution in [0, 0.1) is 6.92 Å². The summed E-state index contributed by atoms with van der Waals surface area (Å²) in [4.78, 5) is 0. The van der Waals surface area contributed by atoms with E-state index in [1.54, 1.807) is 17.3 Å². The summed E-state index contributed by atoms with van der Waals surface area (Å²) in [5.41, 5.74) is 2.41. The quantitative estimate of drug-likeness (QED) is 0.795. The lowest BCUT2D eigenvalue weighted by Crippen LogP contribution is -2.41. The smallest absolute Gasteiger partial charge is 0.241 e. The van der Waals surface area contributed by atoms with Gasteiger partial charge in [0.15, 0.2) is 0 Å². The van der Waals surface area contributed by atoms with Gasteiger partial charge in [-0.1, -0.05) is 27.5 Å². The molecule has 7 heteroatoms. The molecule has 23 heavy (non-hydrogen) atoms. The Kier molecular flexibility index (Phi) is 3.36. The Bertz CT molecular complexity index is 871. The van der Waals surface area contributed by atoms with Gasteiger partial charge in [0, 0.05) is 22.5 Å². The van der Waals surface area contributed by atoms with Gasteiger partial charge >= 0.3 is 0 Å². The molecule has 1 spiro atoms. The van der Waals surface area contributed by atoms with Crippen molar-refractivity contribution in [3.8, 4) is 0 Å². The lowest BCUT2D eigenvalue weighted by Gasteiger charge is -2.39. The summed E-state index contributed by atoms with van der Waals surface area (Å²) in [5.74, 6) is 0.493. The molecule has 2 heterocycles. The van der Waals surface area contributed by atoms with E-state index in [-0.39, 0.29) is 11.2 Å². The van der Waals surface area contributed by atoms with Gasteiger partial charge in [0.1, 0.15) is 17.2 Å². The van der Waals surface area contributed by atoms with Gasteiger partial charge in [0.05, 0.1) is 5.69 Å². The molecule has 1 aromatic carbocycles. The van der Waals surface area contributed by atoms with Crippen molar-refractivity contribution < 1.29 is 12.9 Å². The van der Waals surface area contributed by atoms with E-state index < -0.39 is 10.0 Å². The van der Waals surface area contributed by atoms with Crippen molar-refractivity contribution in [1.82, 2.24) is 5.16 Å². The first kappa shape index (κ1) is 15.2. The van der Waals surface area contributed by atoms with Crippen LogP contribution in [0.1, 0.15) is 36.3 Å². The number of hydrogen-bond acceptors (Lipinski definition) is 4. The zero-order valence-electron chi connectivity index (χ0n) is 12.8. The van der Waals surface area contributed by atoms with E-state index >= 15 is 0 Å². The molecule has 0 unspecified atom stereocenters. The van der Waals surface area contributed by atoms with Crippen molar-refractivity contribution in [2.75, 3.05) is 10.8 Å². The average molecular weight is 397 g/mol. The van der Waals surface area contributed by atoms with E-state index in [1.807, 2.05) is 12.1 Å². The van der Waals surface area contributed by atoms with Crippen LogP contribution >= 0.6 is 15.9 Å². The van der Waals surface area contributed by atoms with Gasteiger partial charge in [0.25, 0.3) is 0 Å². The predicted molar refractivity (Wildman–Crippen MR) is 90.9 cm³/mol. The molecule has 1 saturated carbocycles. The van der Waals surface area contributed by atoms with Gasteiger partial charge in [-0.2, -0.15) is 0 Å². The molecule has 2 aliphatic rings. The number of nitrogens with zero attached hydrogens (tertiary/aromatic N) is 2. The van der Waals surface area contributed by atoms with Crippen molar-refractivity contribution in [2.45, 2.75) is 37.4 Å². The van der Waals surface area contributed by atoms with Crippen molar-refractivity contribution in [1.29, 1.82) is 0 Å². The van der Waals surface area contributed by atoms with E-state index in [4.69, 9.17) is 4.52 Å². The summed E-state index contributed by atoms with van der Waals surface area (Å²) in [6.07, 6.45) is 3.25. The Hall–Kier alpha value is -1.34. The normalized spacial score (nSPS) is 19.0. The molecular formula is C16H17BrN2O3S. The maximum Gasteiger partial charge on any atom is 0.241 e. The number of hydrogen-bond donors (Lipinski definition) is 0. The van der Waals surface area contributed by atoms with Crippen LogP contribution in [0.3, 0.4) is 0 Å². The van der Waals surface area contributed by atoms with E-state index in [1.165, 1.54) is 0 Å². The minimum absolute atomic E-state index is 0.00801. The molecular weight excluding hydrogens is 380 g/mol. The average Bonchev–Trinajstić information content (AvgIpc) is 2.99. The third kappa shape index (κ3) is 2.41. The van der Waals surface area contributed by atoms with Crippen LogP contribution < -0.4 is 4.31 Å². The number of aryl methyl sites for hydroxylation is 1. The van der Waals surface area contributed by atoms with Gasteiger partial charge in [0.2, 0.25) is 10.0 Å². The van der Waals surface area contributed by atoms with Gasteiger partial charge in [-0.3, -0.25) is 4.31 Å². The first-order valence-corrected chi connectivity index (χ1v) is 10.0. The SMILES string of the molecule is Cc1cc(CS(=O)(=O)N2CC3(CCC3)c3cc(Br)ccc32)no1. The van der Waals surface area contributed by atoms with Gasteiger partial charge < -0.3 is 4.52 Å². The van der Waals surface area contributed by atoms with E-state index in [9.17, 15) is 8.42 Å². The monoisotopic (exact) mass is 396 g/mol. The van der Waals surface area contributed by atoms with Crippen molar-refractivity contribution in [3.63, 3.8) is 0 Å². The Morgan fingerprint density at radius 2 is 2.13 bits per heavy atom. The van der Waals surface area contributed by atoms with Crippen LogP contribution in [-0.2, 0) is 21.2 Å². The number of benzene rings is 1. The Morgan fingerprint density at radius 1 is 1.35 bits per heavy atom. The number of rotatable bonds is 3. The summed E-state index contributed by atoms with van der Waals surface area (Å²) >= 11 is 3.51. The number of anilines is 1. The second-order valence-corrected chi connectivity index (χ2v) is 9.30. The number of halogens is 1. The number of sulfonamides is 1. The minimum Gasteiger partial charge on any atom is -0.361 e. The topological polar surface area (TPSA) is 63.4 Å². The van der Waals surface area contributed by atoms with Gasteiger partial charge in [-0.15, -0.1) is 0 Å². The second kappa shape index (κ2) is 5.08. The number of aromatic nitrogens is 1. The van der Waals surface area contributed by atoms with Crippen molar-refractivity contribution >= 4 is 31.6 Å². The zero-order chi connectivity index (χ0) is 16.2. The maximum absolute atomic E-state index is 12.9. The highest BCUT2D eigenvalue weighted by atomic mass is 79.9. The molecule has 1 aliphatic carbocycles. The van der Waals surface area contributed by atoms with Crippen LogP contribution in [0.25, 0.3) is 0 Å². The molecule has 4 rings (SSSR count). The summed E-state index contributed by atoms with van der Waals surface area (Å²) in [6.45, 7) is 2.30. The summed E-state index contributed by atoms with van der Waals surface area (Å²) in [5, 5.41) is 3.82. The molecule has 1 fully saturated rings. The minimum atomic E-state index is -3.48. The molecule has 2 aromatic rings. The Balaban J connectivity index is 1.72. The molecule has 0 N–H and O–H groups in total. The highest BCUT2D eigenvalue weighted by Gasteiger charge is 2.49. The van der Waals surface area contributed by atoms with Crippen LogP contribution in [0.4, 0.5) is 5.69 Å². The third-order valence-electron chi connectivity index (χ3n) is 4.90. The predicted octanol–water partition coefficient (Wildman–Crippen LogP) is 3.52. The summed E-state index contributed by atoms with van der Waals surface area (Å²) in [6, 6.07) is 7.55. The largest absolute Gasteiger partial charge is 0.361 e. The van der Waals surface area contributed by atoms with Crippen LogP contribution in [0.15, 0.2) is 33.3 Å². The highest BCUT2D eigenvalue weighted by molar-refractivity contribution is 9.10.